The lowest BCUT2D eigenvalue weighted by Crippen LogP contribution is -2.12. The van der Waals surface area contributed by atoms with E-state index in [1.807, 2.05) is 27.7 Å². The summed E-state index contributed by atoms with van der Waals surface area (Å²) in [6.07, 6.45) is 4.23. The Balaban J connectivity index is 0. The highest BCUT2D eigenvalue weighted by atomic mass is 15.1. The molecule has 1 atom stereocenters. The maximum absolute atomic E-state index is 2.38. The summed E-state index contributed by atoms with van der Waals surface area (Å²) in [7, 11) is 4.36. The second kappa shape index (κ2) is 14.0. The summed E-state index contributed by atoms with van der Waals surface area (Å²) in [6.45, 7) is 15.6. The zero-order valence-corrected chi connectivity index (χ0v) is 13.4. The van der Waals surface area contributed by atoms with E-state index in [4.69, 9.17) is 0 Å². The predicted molar refractivity (Wildman–Crippen MR) is 80.7 cm³/mol. The van der Waals surface area contributed by atoms with E-state index in [0.717, 1.165) is 5.92 Å². The molecule has 2 fully saturated rings. The van der Waals surface area contributed by atoms with Crippen molar-refractivity contribution >= 4 is 0 Å². The third-order valence-corrected chi connectivity index (χ3v) is 2.96. The topological polar surface area (TPSA) is 6.48 Å². The molecule has 2 heteroatoms. The molecule has 2 aliphatic rings. The highest BCUT2D eigenvalue weighted by Crippen LogP contribution is 2.11. The highest BCUT2D eigenvalue weighted by Gasteiger charge is 2.13. The molecule has 0 radical (unpaired) electrons. The highest BCUT2D eigenvalue weighted by molar-refractivity contribution is 4.67. The number of hydrogen-bond donors (Lipinski definition) is 0. The molecule has 2 saturated heterocycles. The zero-order valence-electron chi connectivity index (χ0n) is 13.4. The second-order valence-electron chi connectivity index (χ2n) is 4.67. The monoisotopic (exact) mass is 244 g/mol. The Labute approximate surface area is 110 Å². The standard InChI is InChI=1S/C6H13N.C5H11N.2C2H6/c1-6-3-4-7(2)5-6;1-6-4-2-3-5-6;2*1-2/h6H,3-5H2,1-2H3;2-5H2,1H3;2*1-2H3. The van der Waals surface area contributed by atoms with Crippen molar-refractivity contribution in [3.63, 3.8) is 0 Å². The van der Waals surface area contributed by atoms with Crippen LogP contribution in [0.2, 0.25) is 0 Å². The summed E-state index contributed by atoms with van der Waals surface area (Å²) >= 11 is 0. The summed E-state index contributed by atoms with van der Waals surface area (Å²) in [5, 5.41) is 0. The minimum atomic E-state index is 0.949. The van der Waals surface area contributed by atoms with Crippen molar-refractivity contribution in [2.24, 2.45) is 5.92 Å². The van der Waals surface area contributed by atoms with Gasteiger partial charge in [0.1, 0.15) is 0 Å². The molecule has 0 aromatic rings. The van der Waals surface area contributed by atoms with E-state index >= 15 is 0 Å². The first-order valence-electron chi connectivity index (χ1n) is 7.55. The van der Waals surface area contributed by atoms with E-state index in [0.29, 0.717) is 0 Å². The van der Waals surface area contributed by atoms with Crippen LogP contribution in [0.25, 0.3) is 0 Å². The van der Waals surface area contributed by atoms with E-state index < -0.39 is 0 Å². The molecule has 1 unspecified atom stereocenters. The third kappa shape index (κ3) is 12.2. The predicted octanol–water partition coefficient (Wildman–Crippen LogP) is 3.72. The van der Waals surface area contributed by atoms with Crippen LogP contribution in [0.4, 0.5) is 0 Å². The average molecular weight is 244 g/mol. The Morgan fingerprint density at radius 2 is 1.24 bits per heavy atom. The molecule has 17 heavy (non-hydrogen) atoms. The van der Waals surface area contributed by atoms with E-state index in [-0.39, 0.29) is 0 Å². The quantitative estimate of drug-likeness (QED) is 0.641. The number of rotatable bonds is 0. The van der Waals surface area contributed by atoms with Crippen LogP contribution in [0.1, 0.15) is 53.9 Å². The zero-order chi connectivity index (χ0) is 13.7. The lowest BCUT2D eigenvalue weighted by Gasteiger charge is -2.03. The Morgan fingerprint density at radius 3 is 1.35 bits per heavy atom. The van der Waals surface area contributed by atoms with Crippen LogP contribution in [-0.4, -0.2) is 50.1 Å². The summed E-state index contributed by atoms with van der Waals surface area (Å²) in [5.41, 5.74) is 0. The Morgan fingerprint density at radius 1 is 0.765 bits per heavy atom. The van der Waals surface area contributed by atoms with Gasteiger partial charge in [-0.2, -0.15) is 0 Å². The van der Waals surface area contributed by atoms with Gasteiger partial charge >= 0.3 is 0 Å². The molecule has 0 bridgehead atoms. The van der Waals surface area contributed by atoms with Crippen LogP contribution < -0.4 is 0 Å². The Kier molecular flexibility index (Phi) is 15.8. The molecule has 0 aromatic carbocycles. The summed E-state index contributed by atoms with van der Waals surface area (Å²) in [6, 6.07) is 0. The molecule has 2 aliphatic heterocycles. The molecule has 2 rings (SSSR count). The second-order valence-corrected chi connectivity index (χ2v) is 4.67. The first-order chi connectivity index (χ1) is 8.18. The van der Waals surface area contributed by atoms with Crippen molar-refractivity contribution in [1.29, 1.82) is 0 Å². The van der Waals surface area contributed by atoms with Gasteiger partial charge in [0.15, 0.2) is 0 Å². The molecular formula is C15H36N2. The van der Waals surface area contributed by atoms with Gasteiger partial charge in [-0.05, 0) is 58.9 Å². The van der Waals surface area contributed by atoms with Crippen LogP contribution in [-0.2, 0) is 0 Å². The lowest BCUT2D eigenvalue weighted by atomic mass is 10.2. The fourth-order valence-corrected chi connectivity index (χ4v) is 2.03. The number of nitrogens with zero attached hydrogens (tertiary/aromatic N) is 2. The van der Waals surface area contributed by atoms with E-state index in [1.54, 1.807) is 0 Å². The summed E-state index contributed by atoms with van der Waals surface area (Å²) in [4.78, 5) is 4.74. The van der Waals surface area contributed by atoms with Crippen LogP contribution in [0.3, 0.4) is 0 Å². The molecule has 106 valence electrons. The molecule has 0 aromatic heterocycles. The Bertz CT molecular complexity index is 123. The molecule has 0 N–H and O–H groups in total. The largest absolute Gasteiger partial charge is 0.306 e. The van der Waals surface area contributed by atoms with Gasteiger partial charge in [-0.25, -0.2) is 0 Å². The lowest BCUT2D eigenvalue weighted by molar-refractivity contribution is 0.402. The summed E-state index contributed by atoms with van der Waals surface area (Å²) < 4.78 is 0. The Hall–Kier alpha value is -0.0800. The fraction of sp³-hybridized carbons (Fsp3) is 1.00. The van der Waals surface area contributed by atoms with Gasteiger partial charge in [-0.3, -0.25) is 0 Å². The minimum absolute atomic E-state index is 0.949. The van der Waals surface area contributed by atoms with Crippen LogP contribution in [0, 0.1) is 5.92 Å². The molecule has 0 saturated carbocycles. The van der Waals surface area contributed by atoms with Crippen LogP contribution in [0.15, 0.2) is 0 Å². The number of hydrogen-bond acceptors (Lipinski definition) is 2. The van der Waals surface area contributed by atoms with Gasteiger partial charge in [0, 0.05) is 6.54 Å². The van der Waals surface area contributed by atoms with E-state index in [1.165, 1.54) is 45.4 Å². The first kappa shape index (κ1) is 19.3. The van der Waals surface area contributed by atoms with Crippen molar-refractivity contribution in [2.75, 3.05) is 40.3 Å². The van der Waals surface area contributed by atoms with Gasteiger partial charge in [0.05, 0.1) is 0 Å². The fourth-order valence-electron chi connectivity index (χ4n) is 2.03. The molecule has 0 aliphatic carbocycles. The maximum atomic E-state index is 2.38. The minimum Gasteiger partial charge on any atom is -0.306 e. The molecule has 0 amide bonds. The van der Waals surface area contributed by atoms with Crippen molar-refractivity contribution in [1.82, 2.24) is 9.80 Å². The van der Waals surface area contributed by atoms with Crippen molar-refractivity contribution < 1.29 is 0 Å². The smallest absolute Gasteiger partial charge is 0.000445 e. The van der Waals surface area contributed by atoms with E-state index in [9.17, 15) is 0 Å². The van der Waals surface area contributed by atoms with Gasteiger partial charge in [-0.15, -0.1) is 0 Å². The van der Waals surface area contributed by atoms with Gasteiger partial charge in [0.2, 0.25) is 0 Å². The molecule has 2 nitrogen and oxygen atoms in total. The van der Waals surface area contributed by atoms with Crippen LogP contribution in [0.5, 0.6) is 0 Å². The third-order valence-electron chi connectivity index (χ3n) is 2.96. The summed E-state index contributed by atoms with van der Waals surface area (Å²) in [5.74, 6) is 0.949. The van der Waals surface area contributed by atoms with Gasteiger partial charge < -0.3 is 9.80 Å². The molecule has 0 spiro atoms. The normalized spacial score (nSPS) is 23.8. The van der Waals surface area contributed by atoms with Crippen LogP contribution >= 0.6 is 0 Å². The van der Waals surface area contributed by atoms with Crippen molar-refractivity contribution in [3.8, 4) is 0 Å². The van der Waals surface area contributed by atoms with Crippen molar-refractivity contribution in [2.45, 2.75) is 53.9 Å². The van der Waals surface area contributed by atoms with Gasteiger partial charge in [0.25, 0.3) is 0 Å². The van der Waals surface area contributed by atoms with Crippen molar-refractivity contribution in [3.05, 3.63) is 0 Å². The SMILES string of the molecule is CC.CC.CC1CCN(C)C1.CN1CCCC1. The van der Waals surface area contributed by atoms with Gasteiger partial charge in [-0.1, -0.05) is 34.6 Å². The maximum Gasteiger partial charge on any atom is 0.000445 e. The number of likely N-dealkylation sites (tertiary alicyclic amines) is 2. The van der Waals surface area contributed by atoms with E-state index in [2.05, 4.69) is 30.8 Å². The molecule has 2 heterocycles. The molecular weight excluding hydrogens is 208 g/mol. The first-order valence-corrected chi connectivity index (χ1v) is 7.55. The average Bonchev–Trinajstić information content (AvgIpc) is 2.97.